The number of anilines is 1. The van der Waals surface area contributed by atoms with E-state index in [2.05, 4.69) is 9.71 Å². The van der Waals surface area contributed by atoms with Crippen LogP contribution < -0.4 is 4.72 Å². The summed E-state index contributed by atoms with van der Waals surface area (Å²) in [4.78, 5) is 4.32. The van der Waals surface area contributed by atoms with Gasteiger partial charge in [-0.15, -0.1) is 0 Å². The molecule has 21 heavy (non-hydrogen) atoms. The van der Waals surface area contributed by atoms with Crippen LogP contribution in [0.2, 0.25) is 5.02 Å². The molecule has 0 radical (unpaired) electrons. The van der Waals surface area contributed by atoms with Crippen molar-refractivity contribution in [1.29, 1.82) is 0 Å². The molecule has 0 saturated heterocycles. The van der Waals surface area contributed by atoms with E-state index in [1.807, 2.05) is 17.7 Å². The summed E-state index contributed by atoms with van der Waals surface area (Å²) in [6, 6.07) is 11.3. The van der Waals surface area contributed by atoms with Crippen LogP contribution in [0.3, 0.4) is 0 Å². The summed E-state index contributed by atoms with van der Waals surface area (Å²) >= 11 is 5.83. The molecule has 1 heterocycles. The van der Waals surface area contributed by atoms with Crippen molar-refractivity contribution in [3.63, 3.8) is 0 Å². The van der Waals surface area contributed by atoms with Gasteiger partial charge in [0.2, 0.25) is 0 Å². The lowest BCUT2D eigenvalue weighted by Gasteiger charge is -2.08. The van der Waals surface area contributed by atoms with Gasteiger partial charge in [0.25, 0.3) is 10.0 Å². The highest BCUT2D eigenvalue weighted by Gasteiger charge is 2.15. The van der Waals surface area contributed by atoms with Crippen LogP contribution in [0.25, 0.3) is 11.0 Å². The summed E-state index contributed by atoms with van der Waals surface area (Å²) in [5.74, 6) is 0. The van der Waals surface area contributed by atoms with Gasteiger partial charge in [-0.05, 0) is 36.4 Å². The number of halogens is 1. The lowest BCUT2D eigenvalue weighted by molar-refractivity contribution is 0.601. The number of fused-ring (bicyclic) bond motifs is 1. The number of nitrogens with zero attached hydrogens (tertiary/aromatic N) is 2. The van der Waals surface area contributed by atoms with E-state index in [1.165, 1.54) is 12.1 Å². The molecular weight excluding hydrogens is 310 g/mol. The number of nitrogens with one attached hydrogen (secondary N) is 1. The highest BCUT2D eigenvalue weighted by atomic mass is 35.5. The van der Waals surface area contributed by atoms with Crippen LogP contribution in [0.4, 0.5) is 5.69 Å². The third kappa shape index (κ3) is 2.72. The molecule has 108 valence electrons. The van der Waals surface area contributed by atoms with Crippen LogP contribution in [-0.2, 0) is 17.1 Å². The minimum absolute atomic E-state index is 0.121. The van der Waals surface area contributed by atoms with E-state index in [1.54, 1.807) is 30.6 Å². The molecule has 0 bridgehead atoms. The van der Waals surface area contributed by atoms with Crippen molar-refractivity contribution in [3.8, 4) is 0 Å². The summed E-state index contributed by atoms with van der Waals surface area (Å²) in [5, 5.41) is 0.373. The summed E-state index contributed by atoms with van der Waals surface area (Å²) in [6.45, 7) is 0. The molecule has 2 aromatic carbocycles. The molecule has 0 spiro atoms. The number of rotatable bonds is 3. The van der Waals surface area contributed by atoms with Gasteiger partial charge in [0.1, 0.15) is 0 Å². The molecule has 0 unspecified atom stereocenters. The Morgan fingerprint density at radius 3 is 2.76 bits per heavy atom. The number of hydrogen-bond acceptors (Lipinski definition) is 3. The minimum Gasteiger partial charge on any atom is -0.334 e. The number of hydrogen-bond donors (Lipinski definition) is 1. The van der Waals surface area contributed by atoms with E-state index >= 15 is 0 Å². The normalized spacial score (nSPS) is 11.7. The third-order valence-electron chi connectivity index (χ3n) is 3.08. The molecule has 3 aromatic rings. The molecular formula is C14H12ClN3O2S. The fourth-order valence-electron chi connectivity index (χ4n) is 2.05. The molecule has 1 aromatic heterocycles. The van der Waals surface area contributed by atoms with Gasteiger partial charge in [-0.1, -0.05) is 17.7 Å². The van der Waals surface area contributed by atoms with Crippen molar-refractivity contribution in [2.24, 2.45) is 7.05 Å². The number of benzene rings is 2. The predicted octanol–water partition coefficient (Wildman–Crippen LogP) is 3.03. The molecule has 0 aliphatic carbocycles. The van der Waals surface area contributed by atoms with Gasteiger partial charge in [-0.25, -0.2) is 13.4 Å². The summed E-state index contributed by atoms with van der Waals surface area (Å²) in [7, 11) is -1.79. The van der Waals surface area contributed by atoms with Crippen molar-refractivity contribution in [3.05, 3.63) is 53.8 Å². The van der Waals surface area contributed by atoms with Gasteiger partial charge in [-0.3, -0.25) is 4.72 Å². The lowest BCUT2D eigenvalue weighted by Crippen LogP contribution is -2.12. The number of aryl methyl sites for hydroxylation is 1. The number of aromatic nitrogens is 2. The summed E-state index contributed by atoms with van der Waals surface area (Å²) in [5.41, 5.74) is 2.12. The van der Waals surface area contributed by atoms with Crippen LogP contribution in [0.5, 0.6) is 0 Å². The summed E-state index contributed by atoms with van der Waals surface area (Å²) in [6.07, 6.45) is 1.68. The van der Waals surface area contributed by atoms with Gasteiger partial charge in [0.15, 0.2) is 0 Å². The second-order valence-corrected chi connectivity index (χ2v) is 6.74. The maximum Gasteiger partial charge on any atom is 0.261 e. The first kappa shape index (κ1) is 13.9. The first-order chi connectivity index (χ1) is 9.95. The van der Waals surface area contributed by atoms with Crippen LogP contribution in [0.1, 0.15) is 0 Å². The SMILES string of the molecule is Cn1cnc2cc(NS(=O)(=O)c3cccc(Cl)c3)ccc21. The molecule has 5 nitrogen and oxygen atoms in total. The Balaban J connectivity index is 1.97. The second kappa shape index (κ2) is 5.05. The Bertz CT molecular complexity index is 919. The monoisotopic (exact) mass is 321 g/mol. The molecule has 1 N–H and O–H groups in total. The van der Waals surface area contributed by atoms with E-state index in [-0.39, 0.29) is 4.90 Å². The summed E-state index contributed by atoms with van der Waals surface area (Å²) < 4.78 is 29.0. The maximum absolute atomic E-state index is 12.3. The van der Waals surface area contributed by atoms with Gasteiger partial charge in [-0.2, -0.15) is 0 Å². The van der Waals surface area contributed by atoms with Crippen LogP contribution >= 0.6 is 11.6 Å². The zero-order valence-corrected chi connectivity index (χ0v) is 12.7. The Hall–Kier alpha value is -2.05. The van der Waals surface area contributed by atoms with Crippen LogP contribution in [0.15, 0.2) is 53.7 Å². The number of imidazole rings is 1. The minimum atomic E-state index is -3.67. The van der Waals surface area contributed by atoms with Crippen molar-refractivity contribution in [2.75, 3.05) is 4.72 Å². The highest BCUT2D eigenvalue weighted by molar-refractivity contribution is 7.92. The average molecular weight is 322 g/mol. The van der Waals surface area contributed by atoms with Gasteiger partial charge >= 0.3 is 0 Å². The molecule has 3 rings (SSSR count). The van der Waals surface area contributed by atoms with Crippen molar-refractivity contribution >= 4 is 38.3 Å². The van der Waals surface area contributed by atoms with Gasteiger partial charge in [0.05, 0.1) is 27.9 Å². The molecule has 0 aliphatic heterocycles. The Labute approximate surface area is 127 Å². The molecule has 0 atom stereocenters. The predicted molar refractivity (Wildman–Crippen MR) is 83.0 cm³/mol. The van der Waals surface area contributed by atoms with E-state index in [9.17, 15) is 8.42 Å². The Kier molecular flexibility index (Phi) is 3.35. The largest absolute Gasteiger partial charge is 0.334 e. The van der Waals surface area contributed by atoms with E-state index in [4.69, 9.17) is 11.6 Å². The highest BCUT2D eigenvalue weighted by Crippen LogP contribution is 2.22. The Morgan fingerprint density at radius 2 is 2.00 bits per heavy atom. The first-order valence-electron chi connectivity index (χ1n) is 6.15. The molecule has 7 heteroatoms. The van der Waals surface area contributed by atoms with E-state index in [0.717, 1.165) is 11.0 Å². The van der Waals surface area contributed by atoms with E-state index in [0.29, 0.717) is 10.7 Å². The third-order valence-corrected chi connectivity index (χ3v) is 4.70. The maximum atomic E-state index is 12.3. The second-order valence-electron chi connectivity index (χ2n) is 4.62. The van der Waals surface area contributed by atoms with E-state index < -0.39 is 10.0 Å². The smallest absolute Gasteiger partial charge is 0.261 e. The quantitative estimate of drug-likeness (QED) is 0.806. The fourth-order valence-corrected chi connectivity index (χ4v) is 3.40. The molecule has 0 amide bonds. The van der Waals surface area contributed by atoms with Crippen LogP contribution in [0, 0.1) is 0 Å². The Morgan fingerprint density at radius 1 is 1.19 bits per heavy atom. The van der Waals surface area contributed by atoms with Crippen molar-refractivity contribution in [1.82, 2.24) is 9.55 Å². The standard InChI is InChI=1S/C14H12ClN3O2S/c1-18-9-16-13-8-11(5-6-14(13)18)17-21(19,20)12-4-2-3-10(15)7-12/h2-9,17H,1H3. The van der Waals surface area contributed by atoms with Crippen molar-refractivity contribution < 1.29 is 8.42 Å². The molecule has 0 fully saturated rings. The molecule has 0 aliphatic rings. The molecule has 0 saturated carbocycles. The zero-order chi connectivity index (χ0) is 15.0. The topological polar surface area (TPSA) is 64.0 Å². The lowest BCUT2D eigenvalue weighted by atomic mass is 10.3. The fraction of sp³-hybridized carbons (Fsp3) is 0.0714. The average Bonchev–Trinajstić information content (AvgIpc) is 2.79. The van der Waals surface area contributed by atoms with Gasteiger partial charge in [0, 0.05) is 12.1 Å². The van der Waals surface area contributed by atoms with Crippen LogP contribution in [-0.4, -0.2) is 18.0 Å². The van der Waals surface area contributed by atoms with Gasteiger partial charge < -0.3 is 4.57 Å². The van der Waals surface area contributed by atoms with Crippen molar-refractivity contribution in [2.45, 2.75) is 4.90 Å². The first-order valence-corrected chi connectivity index (χ1v) is 8.01. The number of sulfonamides is 1. The zero-order valence-electron chi connectivity index (χ0n) is 11.1.